The van der Waals surface area contributed by atoms with Gasteiger partial charge in [0.1, 0.15) is 18.2 Å². The van der Waals surface area contributed by atoms with Crippen molar-refractivity contribution in [3.05, 3.63) is 101 Å². The average molecular weight is 480 g/mol. The molecule has 0 unspecified atom stereocenters. The Labute approximate surface area is 210 Å². The molecule has 0 spiro atoms. The quantitative estimate of drug-likeness (QED) is 0.331. The highest BCUT2D eigenvalue weighted by Gasteiger charge is 2.11. The van der Waals surface area contributed by atoms with Crippen LogP contribution in [0.2, 0.25) is 0 Å². The first kappa shape index (κ1) is 23.3. The topological polar surface area (TPSA) is 104 Å². The molecule has 8 nitrogen and oxygen atoms in total. The number of rotatable bonds is 8. The highest BCUT2D eigenvalue weighted by molar-refractivity contribution is 5.94. The number of nitrogen functional groups attached to an aromatic ring is 1. The van der Waals surface area contributed by atoms with Gasteiger partial charge in [0.05, 0.1) is 11.9 Å². The molecule has 36 heavy (non-hydrogen) atoms. The van der Waals surface area contributed by atoms with Crippen LogP contribution in [0.25, 0.3) is 10.8 Å². The Bertz CT molecular complexity index is 1510. The van der Waals surface area contributed by atoms with Gasteiger partial charge in [0.25, 0.3) is 0 Å². The van der Waals surface area contributed by atoms with Crippen molar-refractivity contribution in [2.45, 2.75) is 33.4 Å². The summed E-state index contributed by atoms with van der Waals surface area (Å²) in [4.78, 5) is 4.21. The van der Waals surface area contributed by atoms with Gasteiger partial charge in [-0.3, -0.25) is 4.68 Å². The summed E-state index contributed by atoms with van der Waals surface area (Å²) in [6, 6.07) is 16.4. The third-order valence-corrected chi connectivity index (χ3v) is 6.37. The van der Waals surface area contributed by atoms with Crippen molar-refractivity contribution < 1.29 is 4.74 Å². The molecular formula is C28H29N7O. The minimum absolute atomic E-state index is 0.452. The van der Waals surface area contributed by atoms with Gasteiger partial charge in [-0.1, -0.05) is 24.3 Å². The zero-order valence-corrected chi connectivity index (χ0v) is 20.7. The van der Waals surface area contributed by atoms with Gasteiger partial charge in [-0.2, -0.15) is 10.2 Å². The molecular weight excluding hydrogens is 450 g/mol. The summed E-state index contributed by atoms with van der Waals surface area (Å²) in [6.07, 6.45) is 6.15. The van der Waals surface area contributed by atoms with E-state index < -0.39 is 0 Å². The molecule has 0 atom stereocenters. The number of benzene rings is 2. The summed E-state index contributed by atoms with van der Waals surface area (Å²) < 4.78 is 7.81. The third kappa shape index (κ3) is 5.12. The Morgan fingerprint density at radius 2 is 1.81 bits per heavy atom. The van der Waals surface area contributed by atoms with Crippen LogP contribution in [0.3, 0.4) is 0 Å². The van der Waals surface area contributed by atoms with E-state index in [1.165, 1.54) is 16.7 Å². The largest absolute Gasteiger partial charge is 0.487 e. The number of aromatic nitrogens is 5. The number of nitrogens with two attached hydrogens (primary N) is 1. The number of nitrogens with one attached hydrogen (secondary N) is 1. The predicted molar refractivity (Wildman–Crippen MR) is 142 cm³/mol. The number of nitrogens with zero attached hydrogens (tertiary/aromatic N) is 5. The van der Waals surface area contributed by atoms with Crippen LogP contribution < -0.4 is 15.8 Å². The summed E-state index contributed by atoms with van der Waals surface area (Å²) in [7, 11) is 1.93. The zero-order valence-electron chi connectivity index (χ0n) is 20.7. The van der Waals surface area contributed by atoms with Crippen LogP contribution >= 0.6 is 0 Å². The second-order valence-electron chi connectivity index (χ2n) is 8.98. The minimum atomic E-state index is 0.452. The van der Waals surface area contributed by atoms with Crippen LogP contribution in [0.4, 0.5) is 11.6 Å². The van der Waals surface area contributed by atoms with E-state index in [4.69, 9.17) is 10.5 Å². The Morgan fingerprint density at radius 1 is 1.00 bits per heavy atom. The number of aryl methyl sites for hydroxylation is 3. The van der Waals surface area contributed by atoms with Crippen LogP contribution in [0.15, 0.2) is 67.1 Å². The van der Waals surface area contributed by atoms with Crippen molar-refractivity contribution in [2.24, 2.45) is 7.05 Å². The first-order valence-electron chi connectivity index (χ1n) is 11.9. The molecule has 0 bridgehead atoms. The van der Waals surface area contributed by atoms with Gasteiger partial charge in [-0.05, 0) is 65.3 Å². The van der Waals surface area contributed by atoms with Crippen LogP contribution in [0, 0.1) is 13.8 Å². The molecule has 5 aromatic rings. The van der Waals surface area contributed by atoms with Crippen molar-refractivity contribution in [3.63, 3.8) is 0 Å². The summed E-state index contributed by atoms with van der Waals surface area (Å²) in [6.45, 7) is 5.26. The van der Waals surface area contributed by atoms with Gasteiger partial charge in [0, 0.05) is 43.9 Å². The van der Waals surface area contributed by atoms with Crippen LogP contribution in [-0.4, -0.2) is 25.0 Å². The highest BCUT2D eigenvalue weighted by Crippen LogP contribution is 2.28. The lowest BCUT2D eigenvalue weighted by atomic mass is 9.96. The fourth-order valence-corrected chi connectivity index (χ4v) is 4.38. The molecule has 8 heteroatoms. The van der Waals surface area contributed by atoms with E-state index in [-0.39, 0.29) is 0 Å². The molecule has 182 valence electrons. The zero-order chi connectivity index (χ0) is 25.1. The van der Waals surface area contributed by atoms with Crippen molar-refractivity contribution in [3.8, 4) is 5.75 Å². The molecule has 0 amide bonds. The number of anilines is 2. The van der Waals surface area contributed by atoms with Crippen molar-refractivity contribution >= 4 is 22.4 Å². The van der Waals surface area contributed by atoms with Gasteiger partial charge in [0.15, 0.2) is 5.82 Å². The number of fused-ring (bicyclic) bond motifs is 1. The number of ether oxygens (including phenoxy) is 1. The lowest BCUT2D eigenvalue weighted by molar-refractivity contribution is 0.304. The van der Waals surface area contributed by atoms with E-state index in [9.17, 15) is 0 Å². The molecule has 0 saturated heterocycles. The molecule has 3 N–H and O–H groups in total. The lowest BCUT2D eigenvalue weighted by Crippen LogP contribution is -2.07. The highest BCUT2D eigenvalue weighted by atomic mass is 16.5. The number of pyridine rings is 1. The molecule has 5 rings (SSSR count). The van der Waals surface area contributed by atoms with E-state index in [0.29, 0.717) is 30.5 Å². The molecule has 3 heterocycles. The third-order valence-electron chi connectivity index (χ3n) is 6.37. The van der Waals surface area contributed by atoms with Gasteiger partial charge in [-0.15, -0.1) is 5.10 Å². The first-order chi connectivity index (χ1) is 17.5. The van der Waals surface area contributed by atoms with E-state index in [2.05, 4.69) is 69.8 Å². The summed E-state index contributed by atoms with van der Waals surface area (Å²) in [5.41, 5.74) is 13.0. The molecule has 3 aromatic heterocycles. The van der Waals surface area contributed by atoms with E-state index in [1.807, 2.05) is 36.1 Å². The van der Waals surface area contributed by atoms with Gasteiger partial charge < -0.3 is 15.8 Å². The van der Waals surface area contributed by atoms with E-state index in [1.54, 1.807) is 12.4 Å². The SMILES string of the molecule is Cc1cc2c(N)nccc2c(C)c1CNc1cc(OCc2ccc(Cc3ccn(C)n3)cc2)cnn1. The van der Waals surface area contributed by atoms with Crippen molar-refractivity contribution in [1.82, 2.24) is 25.0 Å². The van der Waals surface area contributed by atoms with E-state index >= 15 is 0 Å². The monoisotopic (exact) mass is 479 g/mol. The van der Waals surface area contributed by atoms with Crippen molar-refractivity contribution in [2.75, 3.05) is 11.1 Å². The number of hydrogen-bond acceptors (Lipinski definition) is 7. The van der Waals surface area contributed by atoms with Crippen molar-refractivity contribution in [1.29, 1.82) is 0 Å². The Hall–Kier alpha value is -4.46. The molecule has 0 aliphatic carbocycles. The summed E-state index contributed by atoms with van der Waals surface area (Å²) >= 11 is 0. The summed E-state index contributed by atoms with van der Waals surface area (Å²) in [5, 5.41) is 18.2. The Balaban J connectivity index is 1.21. The van der Waals surface area contributed by atoms with Gasteiger partial charge >= 0.3 is 0 Å². The van der Waals surface area contributed by atoms with Gasteiger partial charge in [-0.25, -0.2) is 4.98 Å². The molecule has 0 aliphatic heterocycles. The number of hydrogen-bond donors (Lipinski definition) is 2. The maximum Gasteiger partial charge on any atom is 0.152 e. The fraction of sp³-hybridized carbons (Fsp3) is 0.214. The van der Waals surface area contributed by atoms with Crippen LogP contribution in [0.5, 0.6) is 5.75 Å². The average Bonchev–Trinajstić information content (AvgIpc) is 3.29. The van der Waals surface area contributed by atoms with Crippen LogP contribution in [-0.2, 0) is 26.6 Å². The van der Waals surface area contributed by atoms with Crippen LogP contribution in [0.1, 0.15) is 33.5 Å². The lowest BCUT2D eigenvalue weighted by Gasteiger charge is -2.15. The molecule has 2 aromatic carbocycles. The second-order valence-corrected chi connectivity index (χ2v) is 8.98. The van der Waals surface area contributed by atoms with Gasteiger partial charge in [0.2, 0.25) is 0 Å². The fourth-order valence-electron chi connectivity index (χ4n) is 4.38. The maximum atomic E-state index is 6.07. The van der Waals surface area contributed by atoms with E-state index in [0.717, 1.165) is 34.0 Å². The molecule has 0 saturated carbocycles. The second kappa shape index (κ2) is 10.0. The Kier molecular flexibility index (Phi) is 6.49. The normalized spacial score (nSPS) is 11.1. The standard InChI is InChI=1S/C28H29N7O/c1-18-12-25-24(8-10-30-28(25)29)19(2)26(18)16-31-27-14-23(15-32-33-27)36-17-21-6-4-20(5-7-21)13-22-9-11-35(3)34-22/h4-12,14-15H,13,16-17H2,1-3H3,(H2,29,30)(H,31,33). The minimum Gasteiger partial charge on any atom is -0.487 e. The smallest absolute Gasteiger partial charge is 0.152 e. The summed E-state index contributed by atoms with van der Waals surface area (Å²) in [5.74, 6) is 1.87. The molecule has 0 radical (unpaired) electrons. The first-order valence-corrected chi connectivity index (χ1v) is 11.9. The Morgan fingerprint density at radius 3 is 2.58 bits per heavy atom. The predicted octanol–water partition coefficient (Wildman–Crippen LogP) is 4.74. The molecule has 0 fully saturated rings. The maximum absolute atomic E-state index is 6.07. The molecule has 0 aliphatic rings.